The molecule has 7 heteroatoms. The van der Waals surface area contributed by atoms with E-state index in [4.69, 9.17) is 16.7 Å². The molecule has 190 valence electrons. The topological polar surface area (TPSA) is 105 Å². The second-order valence-corrected chi connectivity index (χ2v) is 11.4. The van der Waals surface area contributed by atoms with E-state index in [1.807, 2.05) is 0 Å². The van der Waals surface area contributed by atoms with Crippen LogP contribution in [-0.4, -0.2) is 39.7 Å². The number of rotatable bonds is 3. The third-order valence-electron chi connectivity index (χ3n) is 9.10. The van der Waals surface area contributed by atoms with Crippen molar-refractivity contribution in [3.05, 3.63) is 48.0 Å². The number of halogens is 1. The van der Waals surface area contributed by atoms with Crippen LogP contribution in [0.3, 0.4) is 0 Å². The van der Waals surface area contributed by atoms with Gasteiger partial charge in [-0.3, -0.25) is 9.59 Å². The van der Waals surface area contributed by atoms with Crippen LogP contribution < -0.4 is 0 Å². The molecule has 5 rings (SSSR count). The summed E-state index contributed by atoms with van der Waals surface area (Å²) >= 11 is 5.86. The van der Waals surface area contributed by atoms with Gasteiger partial charge in [0.2, 0.25) is 5.76 Å². The fourth-order valence-electron chi connectivity index (χ4n) is 7.59. The number of alkyl halides is 1. The van der Waals surface area contributed by atoms with E-state index in [0.29, 0.717) is 11.8 Å². The maximum Gasteiger partial charge on any atom is 0.371 e. The number of aliphatic hydroxyl groups is 1. The Balaban J connectivity index is 0.000000308. The van der Waals surface area contributed by atoms with Crippen molar-refractivity contribution in [2.45, 2.75) is 64.9 Å². The van der Waals surface area contributed by atoms with E-state index in [1.54, 1.807) is 12.2 Å². The van der Waals surface area contributed by atoms with Gasteiger partial charge in [0.15, 0.2) is 11.6 Å². The van der Waals surface area contributed by atoms with E-state index in [0.717, 1.165) is 44.9 Å². The van der Waals surface area contributed by atoms with Crippen molar-refractivity contribution in [3.8, 4) is 0 Å². The average Bonchev–Trinajstić information content (AvgIpc) is 3.29. The second kappa shape index (κ2) is 10.1. The highest BCUT2D eigenvalue weighted by Gasteiger charge is 2.58. The summed E-state index contributed by atoms with van der Waals surface area (Å²) in [5, 5.41) is 19.5. The van der Waals surface area contributed by atoms with Crippen LogP contribution in [0.4, 0.5) is 0 Å². The molecule has 35 heavy (non-hydrogen) atoms. The van der Waals surface area contributed by atoms with Crippen molar-refractivity contribution in [2.75, 3.05) is 5.88 Å². The van der Waals surface area contributed by atoms with Gasteiger partial charge in [-0.2, -0.15) is 0 Å². The van der Waals surface area contributed by atoms with Gasteiger partial charge in [-0.15, -0.1) is 11.6 Å². The summed E-state index contributed by atoms with van der Waals surface area (Å²) in [5.41, 5.74) is 0.979. The van der Waals surface area contributed by atoms with Crippen molar-refractivity contribution in [1.82, 2.24) is 0 Å². The minimum absolute atomic E-state index is 0.00472. The van der Waals surface area contributed by atoms with Crippen molar-refractivity contribution < 1.29 is 29.0 Å². The quantitative estimate of drug-likeness (QED) is 0.533. The molecule has 1 heterocycles. The molecule has 3 saturated carbocycles. The van der Waals surface area contributed by atoms with Gasteiger partial charge < -0.3 is 14.6 Å². The van der Waals surface area contributed by atoms with Crippen LogP contribution in [0.2, 0.25) is 0 Å². The molecule has 6 nitrogen and oxygen atoms in total. The normalized spacial score (nSPS) is 38.0. The van der Waals surface area contributed by atoms with Crippen LogP contribution in [0, 0.1) is 34.5 Å². The molecule has 4 aliphatic rings. The van der Waals surface area contributed by atoms with Crippen LogP contribution in [0.25, 0.3) is 0 Å². The van der Waals surface area contributed by atoms with Crippen LogP contribution in [0.5, 0.6) is 0 Å². The van der Waals surface area contributed by atoms with Gasteiger partial charge in [-0.1, -0.05) is 31.9 Å². The number of hydrogen-bond acceptors (Lipinski definition) is 5. The molecule has 7 atom stereocenters. The Kier molecular flexibility index (Phi) is 7.44. The first-order valence-electron chi connectivity index (χ1n) is 12.6. The smallest absolute Gasteiger partial charge is 0.371 e. The van der Waals surface area contributed by atoms with Crippen molar-refractivity contribution in [3.63, 3.8) is 0 Å². The molecule has 0 saturated heterocycles. The van der Waals surface area contributed by atoms with Gasteiger partial charge in [0.1, 0.15) is 0 Å². The monoisotopic (exact) mass is 502 g/mol. The van der Waals surface area contributed by atoms with Crippen LogP contribution >= 0.6 is 11.6 Å². The third-order valence-corrected chi connectivity index (χ3v) is 9.37. The first-order valence-corrected chi connectivity index (χ1v) is 13.1. The predicted molar refractivity (Wildman–Crippen MR) is 132 cm³/mol. The lowest BCUT2D eigenvalue weighted by molar-refractivity contribution is -0.130. The van der Waals surface area contributed by atoms with Crippen molar-refractivity contribution >= 4 is 29.1 Å². The first-order chi connectivity index (χ1) is 16.6. The maximum atomic E-state index is 12.3. The number of Topliss-reactive ketones (excluding diaryl/α,β-unsaturated/α-hetero) is 1. The van der Waals surface area contributed by atoms with Gasteiger partial charge in [-0.25, -0.2) is 4.79 Å². The minimum atomic E-state index is -1.03. The molecule has 2 N–H and O–H groups in total. The Morgan fingerprint density at radius 3 is 2.60 bits per heavy atom. The largest absolute Gasteiger partial charge is 0.475 e. The zero-order valence-electron chi connectivity index (χ0n) is 20.4. The molecule has 1 aromatic heterocycles. The average molecular weight is 503 g/mol. The fourth-order valence-corrected chi connectivity index (χ4v) is 7.81. The lowest BCUT2D eigenvalue weighted by Gasteiger charge is -2.59. The number of carbonyl (C=O) groups is 3. The van der Waals surface area contributed by atoms with E-state index < -0.39 is 12.1 Å². The Morgan fingerprint density at radius 1 is 1.20 bits per heavy atom. The van der Waals surface area contributed by atoms with E-state index in [2.05, 4.69) is 24.3 Å². The van der Waals surface area contributed by atoms with Gasteiger partial charge in [0, 0.05) is 17.3 Å². The summed E-state index contributed by atoms with van der Waals surface area (Å²) in [7, 11) is 0. The molecule has 3 fully saturated rings. The highest BCUT2D eigenvalue weighted by atomic mass is 35.5. The molecular weight excluding hydrogens is 468 g/mol. The first kappa shape index (κ1) is 25.9. The standard InChI is InChI=1S/C23H31ClO3.C5H4O3/c1-22-11-14(20(27)13-24)4-3-5-18(22)17-7-6-15-10-16(25)8-9-23(15,2)21(17)19(26)12-22;6-5(7)4-2-1-3-8-4/h8-10,14,17-19,21,26H,3-7,11-13H2,1-2H3;1-3H,(H,6,7)/t14-,17-,18?,19-,21?,22-,23-;/m0./s1. The number of aromatic carboxylic acids is 1. The molecular formula is C28H35ClO6. The van der Waals surface area contributed by atoms with E-state index >= 15 is 0 Å². The number of ketones is 2. The molecule has 1 aromatic rings. The molecule has 0 spiro atoms. The Morgan fingerprint density at radius 2 is 1.97 bits per heavy atom. The highest BCUT2D eigenvalue weighted by Crippen LogP contribution is 2.63. The number of hydrogen-bond donors (Lipinski definition) is 2. The van der Waals surface area contributed by atoms with E-state index in [-0.39, 0.29) is 45.9 Å². The SMILES string of the molecule is C[C@@]12C[C@@H](C(=O)CCl)CCCC1[C@@H]1CCC3=CC(=O)C=C[C@]3(C)C1[C@@H](O)C2.O=C(O)c1ccco1. The highest BCUT2D eigenvalue weighted by molar-refractivity contribution is 6.27. The number of allylic oxidation sites excluding steroid dienone is 4. The molecule has 0 bridgehead atoms. The Hall–Kier alpha value is -2.18. The predicted octanol–water partition coefficient (Wildman–Crippen LogP) is 5.45. The zero-order chi connectivity index (χ0) is 25.4. The number of furan rings is 1. The number of aliphatic hydroxyl groups excluding tert-OH is 1. The molecule has 0 amide bonds. The molecule has 0 aliphatic heterocycles. The molecule has 2 unspecified atom stereocenters. The molecule has 0 radical (unpaired) electrons. The van der Waals surface area contributed by atoms with Crippen molar-refractivity contribution in [1.29, 1.82) is 0 Å². The summed E-state index contributed by atoms with van der Waals surface area (Å²) in [5.74, 6) is 0.485. The zero-order valence-corrected chi connectivity index (χ0v) is 21.2. The van der Waals surface area contributed by atoms with Gasteiger partial charge in [0.25, 0.3) is 0 Å². The number of carbonyl (C=O) groups excluding carboxylic acids is 2. The summed E-state index contributed by atoms with van der Waals surface area (Å²) in [6, 6.07) is 2.92. The van der Waals surface area contributed by atoms with E-state index in [1.165, 1.54) is 24.0 Å². The van der Waals surface area contributed by atoms with Gasteiger partial charge in [0.05, 0.1) is 18.2 Å². The third kappa shape index (κ3) is 4.92. The fraction of sp³-hybridized carbons (Fsp3) is 0.607. The second-order valence-electron chi connectivity index (χ2n) is 11.2. The van der Waals surface area contributed by atoms with Crippen LogP contribution in [-0.2, 0) is 9.59 Å². The summed E-state index contributed by atoms with van der Waals surface area (Å²) in [6.45, 7) is 4.51. The number of fused-ring (bicyclic) bond motifs is 5. The van der Waals surface area contributed by atoms with Crippen LogP contribution in [0.1, 0.15) is 69.3 Å². The summed E-state index contributed by atoms with van der Waals surface area (Å²) in [4.78, 5) is 34.2. The summed E-state index contributed by atoms with van der Waals surface area (Å²) < 4.78 is 4.50. The Bertz CT molecular complexity index is 1030. The molecule has 4 aliphatic carbocycles. The van der Waals surface area contributed by atoms with Gasteiger partial charge in [-0.05, 0) is 80.1 Å². The van der Waals surface area contributed by atoms with E-state index in [9.17, 15) is 19.5 Å². The van der Waals surface area contributed by atoms with Crippen molar-refractivity contribution in [2.24, 2.45) is 34.5 Å². The minimum Gasteiger partial charge on any atom is -0.475 e. The molecule has 0 aromatic carbocycles. The summed E-state index contributed by atoms with van der Waals surface area (Å²) in [6.07, 6.45) is 13.2. The number of carboxylic acid groups (broad SMARTS) is 1. The Labute approximate surface area is 211 Å². The number of carboxylic acids is 1. The van der Waals surface area contributed by atoms with Gasteiger partial charge >= 0.3 is 5.97 Å². The lowest BCUT2D eigenvalue weighted by atomic mass is 9.46. The lowest BCUT2D eigenvalue weighted by Crippen LogP contribution is -2.56. The van der Waals surface area contributed by atoms with Crippen LogP contribution in [0.15, 0.2) is 46.6 Å². The maximum absolute atomic E-state index is 12.3.